The van der Waals surface area contributed by atoms with E-state index in [1.54, 1.807) is 0 Å². The summed E-state index contributed by atoms with van der Waals surface area (Å²) in [5, 5.41) is 4.09. The highest BCUT2D eigenvalue weighted by Crippen LogP contribution is 2.13. The summed E-state index contributed by atoms with van der Waals surface area (Å²) in [6.45, 7) is 5.02. The number of hydrogen-bond donors (Lipinski definition) is 2. The number of carbonyl (C=O) groups is 1. The van der Waals surface area contributed by atoms with Crippen LogP contribution in [0.5, 0.6) is 0 Å². The van der Waals surface area contributed by atoms with E-state index in [1.165, 1.54) is 0 Å². The largest absolute Gasteiger partial charge is 0.379 e. The van der Waals surface area contributed by atoms with E-state index in [9.17, 15) is 4.79 Å². The molecule has 1 aromatic heterocycles. The Kier molecular flexibility index (Phi) is 3.99. The molecule has 2 aromatic rings. The van der Waals surface area contributed by atoms with Gasteiger partial charge >= 0.3 is 0 Å². The first-order chi connectivity index (χ1) is 9.83. The Bertz CT molecular complexity index is 588. The van der Waals surface area contributed by atoms with Gasteiger partial charge in [0.1, 0.15) is 0 Å². The molecule has 2 heterocycles. The lowest BCUT2D eigenvalue weighted by molar-refractivity contribution is 0.0383. The van der Waals surface area contributed by atoms with Gasteiger partial charge in [0, 0.05) is 43.5 Å². The minimum Gasteiger partial charge on any atom is -0.379 e. The van der Waals surface area contributed by atoms with E-state index in [0.717, 1.165) is 43.8 Å². The molecule has 2 N–H and O–H groups in total. The number of nitrogens with one attached hydrogen (secondary N) is 2. The molecular formula is C15H19N3O2. The molecule has 0 radical (unpaired) electrons. The number of ether oxygens (including phenoxy) is 1. The number of aromatic nitrogens is 1. The fourth-order valence-electron chi connectivity index (χ4n) is 2.44. The zero-order valence-electron chi connectivity index (χ0n) is 11.4. The minimum atomic E-state index is -0.0187. The van der Waals surface area contributed by atoms with Crippen LogP contribution in [0.2, 0.25) is 0 Å². The topological polar surface area (TPSA) is 57.4 Å². The fraction of sp³-hybridized carbons (Fsp3) is 0.400. The van der Waals surface area contributed by atoms with Crippen molar-refractivity contribution in [1.82, 2.24) is 15.2 Å². The fourth-order valence-corrected chi connectivity index (χ4v) is 2.44. The summed E-state index contributed by atoms with van der Waals surface area (Å²) in [7, 11) is 0. The van der Waals surface area contributed by atoms with Gasteiger partial charge < -0.3 is 15.0 Å². The molecule has 1 fully saturated rings. The summed E-state index contributed by atoms with van der Waals surface area (Å²) >= 11 is 0. The predicted octanol–water partition coefficient (Wildman–Crippen LogP) is 1.23. The molecule has 1 amide bonds. The van der Waals surface area contributed by atoms with Crippen molar-refractivity contribution in [1.29, 1.82) is 0 Å². The third-order valence-corrected chi connectivity index (χ3v) is 3.63. The normalized spacial score (nSPS) is 16.4. The van der Waals surface area contributed by atoms with Crippen molar-refractivity contribution in [3.05, 3.63) is 36.0 Å². The molecule has 0 bridgehead atoms. The number of aromatic amines is 1. The standard InChI is InChI=1S/C15H19N3O2/c19-15(17-5-6-18-7-9-20-10-8-18)13-2-1-12-3-4-16-14(12)11-13/h1-4,11,16H,5-10H2,(H,17,19). The molecule has 1 saturated heterocycles. The summed E-state index contributed by atoms with van der Waals surface area (Å²) in [4.78, 5) is 17.5. The van der Waals surface area contributed by atoms with E-state index in [4.69, 9.17) is 4.74 Å². The van der Waals surface area contributed by atoms with Gasteiger partial charge in [-0.2, -0.15) is 0 Å². The molecule has 1 aliphatic heterocycles. The monoisotopic (exact) mass is 273 g/mol. The Balaban J connectivity index is 1.53. The summed E-state index contributed by atoms with van der Waals surface area (Å²) in [5.74, 6) is -0.0187. The summed E-state index contributed by atoms with van der Waals surface area (Å²) in [6, 6.07) is 7.71. The Hall–Kier alpha value is -1.85. The molecule has 20 heavy (non-hydrogen) atoms. The number of carbonyl (C=O) groups excluding carboxylic acids is 1. The molecule has 0 unspecified atom stereocenters. The van der Waals surface area contributed by atoms with Crippen LogP contribution in [0.1, 0.15) is 10.4 Å². The van der Waals surface area contributed by atoms with Gasteiger partial charge in [-0.05, 0) is 23.6 Å². The third-order valence-electron chi connectivity index (χ3n) is 3.63. The third kappa shape index (κ3) is 3.00. The van der Waals surface area contributed by atoms with E-state index in [0.29, 0.717) is 12.1 Å². The van der Waals surface area contributed by atoms with Crippen molar-refractivity contribution in [3.63, 3.8) is 0 Å². The Morgan fingerprint density at radius 3 is 3.00 bits per heavy atom. The van der Waals surface area contributed by atoms with Gasteiger partial charge in [-0.15, -0.1) is 0 Å². The summed E-state index contributed by atoms with van der Waals surface area (Å²) in [5.41, 5.74) is 1.69. The van der Waals surface area contributed by atoms with Gasteiger partial charge in [-0.3, -0.25) is 9.69 Å². The highest BCUT2D eigenvalue weighted by Gasteiger charge is 2.11. The van der Waals surface area contributed by atoms with E-state index < -0.39 is 0 Å². The second kappa shape index (κ2) is 6.07. The molecule has 0 atom stereocenters. The van der Waals surface area contributed by atoms with Crippen LogP contribution >= 0.6 is 0 Å². The molecule has 5 nitrogen and oxygen atoms in total. The lowest BCUT2D eigenvalue weighted by atomic mass is 10.1. The quantitative estimate of drug-likeness (QED) is 0.881. The number of amides is 1. The molecule has 0 saturated carbocycles. The SMILES string of the molecule is O=C(NCCN1CCOCC1)c1ccc2cc[nH]c2c1. The van der Waals surface area contributed by atoms with Crippen LogP contribution < -0.4 is 5.32 Å². The molecule has 106 valence electrons. The highest BCUT2D eigenvalue weighted by atomic mass is 16.5. The molecular weight excluding hydrogens is 254 g/mol. The Morgan fingerprint density at radius 1 is 1.30 bits per heavy atom. The number of benzene rings is 1. The minimum absolute atomic E-state index is 0.0187. The van der Waals surface area contributed by atoms with Crippen LogP contribution in [0.25, 0.3) is 10.9 Å². The molecule has 0 spiro atoms. The molecule has 1 aromatic carbocycles. The van der Waals surface area contributed by atoms with Gasteiger partial charge in [-0.1, -0.05) is 6.07 Å². The van der Waals surface area contributed by atoms with Crippen LogP contribution in [-0.2, 0) is 4.74 Å². The first-order valence-corrected chi connectivity index (χ1v) is 6.98. The number of fused-ring (bicyclic) bond motifs is 1. The molecule has 5 heteroatoms. The number of hydrogen-bond acceptors (Lipinski definition) is 3. The van der Waals surface area contributed by atoms with Gasteiger partial charge in [-0.25, -0.2) is 0 Å². The van der Waals surface area contributed by atoms with Gasteiger partial charge in [0.15, 0.2) is 0 Å². The van der Waals surface area contributed by atoms with Crippen LogP contribution in [0.15, 0.2) is 30.5 Å². The van der Waals surface area contributed by atoms with Crippen molar-refractivity contribution in [2.75, 3.05) is 39.4 Å². The zero-order valence-corrected chi connectivity index (χ0v) is 11.4. The maximum Gasteiger partial charge on any atom is 0.251 e. The molecule has 0 aliphatic carbocycles. The van der Waals surface area contributed by atoms with Crippen LogP contribution in [0.4, 0.5) is 0 Å². The van der Waals surface area contributed by atoms with Crippen molar-refractivity contribution >= 4 is 16.8 Å². The number of H-pyrrole nitrogens is 1. The van der Waals surface area contributed by atoms with Crippen molar-refractivity contribution in [2.24, 2.45) is 0 Å². The lowest BCUT2D eigenvalue weighted by Gasteiger charge is -2.26. The van der Waals surface area contributed by atoms with Gasteiger partial charge in [0.05, 0.1) is 13.2 Å². The van der Waals surface area contributed by atoms with E-state index in [1.807, 2.05) is 30.5 Å². The Morgan fingerprint density at radius 2 is 2.15 bits per heavy atom. The van der Waals surface area contributed by atoms with E-state index in [-0.39, 0.29) is 5.91 Å². The van der Waals surface area contributed by atoms with Crippen LogP contribution in [0, 0.1) is 0 Å². The highest BCUT2D eigenvalue weighted by molar-refractivity contribution is 5.97. The second-order valence-electron chi connectivity index (χ2n) is 4.99. The van der Waals surface area contributed by atoms with Crippen molar-refractivity contribution in [2.45, 2.75) is 0 Å². The Labute approximate surface area is 117 Å². The first-order valence-electron chi connectivity index (χ1n) is 6.98. The number of morpholine rings is 1. The summed E-state index contributed by atoms with van der Waals surface area (Å²) < 4.78 is 5.30. The van der Waals surface area contributed by atoms with Crippen molar-refractivity contribution < 1.29 is 9.53 Å². The van der Waals surface area contributed by atoms with Crippen molar-refractivity contribution in [3.8, 4) is 0 Å². The van der Waals surface area contributed by atoms with Gasteiger partial charge in [0.25, 0.3) is 5.91 Å². The maximum absolute atomic E-state index is 12.1. The first kappa shape index (κ1) is 13.1. The number of rotatable bonds is 4. The number of nitrogens with zero attached hydrogens (tertiary/aromatic N) is 1. The van der Waals surface area contributed by atoms with Gasteiger partial charge in [0.2, 0.25) is 0 Å². The van der Waals surface area contributed by atoms with Crippen LogP contribution in [0.3, 0.4) is 0 Å². The molecule has 1 aliphatic rings. The average molecular weight is 273 g/mol. The van der Waals surface area contributed by atoms with E-state index in [2.05, 4.69) is 15.2 Å². The zero-order chi connectivity index (χ0) is 13.8. The van der Waals surface area contributed by atoms with E-state index >= 15 is 0 Å². The predicted molar refractivity (Wildman–Crippen MR) is 77.9 cm³/mol. The summed E-state index contributed by atoms with van der Waals surface area (Å²) in [6.07, 6.45) is 1.88. The lowest BCUT2D eigenvalue weighted by Crippen LogP contribution is -2.41. The van der Waals surface area contributed by atoms with Crippen LogP contribution in [-0.4, -0.2) is 55.2 Å². The average Bonchev–Trinajstić information content (AvgIpc) is 2.95. The molecule has 3 rings (SSSR count). The maximum atomic E-state index is 12.1. The smallest absolute Gasteiger partial charge is 0.251 e. The second-order valence-corrected chi connectivity index (χ2v) is 4.99.